The van der Waals surface area contributed by atoms with Crippen molar-refractivity contribution in [2.24, 2.45) is 5.73 Å². The molecule has 0 aromatic carbocycles. The topological polar surface area (TPSA) is 69.8 Å². The van der Waals surface area contributed by atoms with Gasteiger partial charge in [-0.25, -0.2) is 5.11 Å². The molecule has 0 unspecified atom stereocenters. The van der Waals surface area contributed by atoms with Gasteiger partial charge in [0.05, 0.1) is 12.4 Å². The van der Waals surface area contributed by atoms with E-state index in [1.807, 2.05) is 0 Å². The molecule has 0 heterocycles. The van der Waals surface area contributed by atoms with Crippen molar-refractivity contribution in [3.8, 4) is 0 Å². The minimum atomic E-state index is 0.0278. The zero-order valence-electron chi connectivity index (χ0n) is 6.23. The van der Waals surface area contributed by atoms with Crippen LogP contribution in [0.4, 0.5) is 0 Å². The van der Waals surface area contributed by atoms with Gasteiger partial charge in [0.1, 0.15) is 0 Å². The zero-order valence-corrected chi connectivity index (χ0v) is 6.23. The van der Waals surface area contributed by atoms with Crippen LogP contribution in [0.15, 0.2) is 0 Å². The molecule has 0 aliphatic heterocycles. The van der Waals surface area contributed by atoms with Crippen molar-refractivity contribution in [1.29, 1.82) is 5.41 Å². The first-order valence-corrected chi connectivity index (χ1v) is 3.68. The molecular formula is C7H15N2O. The quantitative estimate of drug-likeness (QED) is 0.328. The summed E-state index contributed by atoms with van der Waals surface area (Å²) in [5.41, 5.74) is 5.13. The molecule has 0 fully saturated rings. The Kier molecular flexibility index (Phi) is 6.18. The zero-order chi connectivity index (χ0) is 7.82. The third-order valence-electron chi connectivity index (χ3n) is 1.34. The largest absolute Gasteiger partial charge is 0.388 e. The lowest BCUT2D eigenvalue weighted by Gasteiger charge is -1.96. The number of amidine groups is 1. The second kappa shape index (κ2) is 6.55. The second-order valence-electron chi connectivity index (χ2n) is 2.39. The van der Waals surface area contributed by atoms with Gasteiger partial charge < -0.3 is 5.73 Å². The van der Waals surface area contributed by atoms with Crippen LogP contribution in [-0.4, -0.2) is 12.4 Å². The number of nitrogens with two attached hydrogens (primary N) is 1. The highest BCUT2D eigenvalue weighted by molar-refractivity contribution is 5.76. The van der Waals surface area contributed by atoms with Crippen LogP contribution >= 0.6 is 0 Å². The molecule has 0 rings (SSSR count). The van der Waals surface area contributed by atoms with Gasteiger partial charge in [-0.15, -0.1) is 0 Å². The van der Waals surface area contributed by atoms with Crippen LogP contribution in [0.5, 0.6) is 0 Å². The molecule has 0 saturated heterocycles. The van der Waals surface area contributed by atoms with Gasteiger partial charge in [0, 0.05) is 6.42 Å². The van der Waals surface area contributed by atoms with Crippen LogP contribution in [0.1, 0.15) is 32.1 Å². The van der Waals surface area contributed by atoms with Crippen LogP contribution in [0.3, 0.4) is 0 Å². The molecule has 0 aromatic rings. The summed E-state index contributed by atoms with van der Waals surface area (Å²) in [5.74, 6) is 0.252. The SMILES string of the molecule is N=C(N)CCCCCC[O]. The van der Waals surface area contributed by atoms with Crippen LogP contribution in [0, 0.1) is 5.41 Å². The Labute approximate surface area is 61.7 Å². The van der Waals surface area contributed by atoms with Gasteiger partial charge in [-0.2, -0.15) is 0 Å². The summed E-state index contributed by atoms with van der Waals surface area (Å²) >= 11 is 0. The van der Waals surface area contributed by atoms with Gasteiger partial charge in [0.2, 0.25) is 0 Å². The van der Waals surface area contributed by atoms with Crippen molar-refractivity contribution in [2.75, 3.05) is 6.61 Å². The molecule has 0 atom stereocenters. The number of nitrogens with one attached hydrogen (secondary N) is 1. The van der Waals surface area contributed by atoms with Crippen LogP contribution in [0.25, 0.3) is 0 Å². The molecule has 0 amide bonds. The van der Waals surface area contributed by atoms with Gasteiger partial charge in [-0.3, -0.25) is 5.41 Å². The minimum Gasteiger partial charge on any atom is -0.388 e. The molecule has 0 aliphatic carbocycles. The summed E-state index contributed by atoms with van der Waals surface area (Å²) in [4.78, 5) is 0. The molecule has 1 radical (unpaired) electrons. The van der Waals surface area contributed by atoms with Crippen molar-refractivity contribution in [2.45, 2.75) is 32.1 Å². The van der Waals surface area contributed by atoms with E-state index in [1.165, 1.54) is 0 Å². The van der Waals surface area contributed by atoms with Gasteiger partial charge in [-0.1, -0.05) is 12.8 Å². The third kappa shape index (κ3) is 7.43. The molecule has 0 aromatic heterocycles. The van der Waals surface area contributed by atoms with Gasteiger partial charge >= 0.3 is 0 Å². The van der Waals surface area contributed by atoms with Crippen molar-refractivity contribution < 1.29 is 5.11 Å². The number of rotatable bonds is 6. The lowest BCUT2D eigenvalue weighted by atomic mass is 10.1. The third-order valence-corrected chi connectivity index (χ3v) is 1.34. The normalized spacial score (nSPS) is 9.70. The van der Waals surface area contributed by atoms with E-state index in [1.54, 1.807) is 0 Å². The fourth-order valence-electron chi connectivity index (χ4n) is 0.771. The lowest BCUT2D eigenvalue weighted by molar-refractivity contribution is 0.186. The number of unbranched alkanes of at least 4 members (excludes halogenated alkanes) is 3. The van der Waals surface area contributed by atoms with E-state index in [-0.39, 0.29) is 12.4 Å². The Morgan fingerprint density at radius 1 is 1.20 bits per heavy atom. The van der Waals surface area contributed by atoms with E-state index in [2.05, 4.69) is 0 Å². The average molecular weight is 143 g/mol. The molecule has 10 heavy (non-hydrogen) atoms. The van der Waals surface area contributed by atoms with Crippen molar-refractivity contribution >= 4 is 5.84 Å². The standard InChI is InChI=1S/C7H15N2O/c8-7(9)5-3-1-2-4-6-10/h1-6H2,(H3,8,9). The van der Waals surface area contributed by atoms with E-state index in [0.717, 1.165) is 25.7 Å². The van der Waals surface area contributed by atoms with Crippen LogP contribution in [0.2, 0.25) is 0 Å². The van der Waals surface area contributed by atoms with E-state index >= 15 is 0 Å². The molecule has 0 bridgehead atoms. The first kappa shape index (κ1) is 9.43. The number of hydrogen-bond donors (Lipinski definition) is 2. The summed E-state index contributed by atoms with van der Waals surface area (Å²) in [7, 11) is 0. The minimum absolute atomic E-state index is 0.0278. The Balaban J connectivity index is 2.84. The highest BCUT2D eigenvalue weighted by atomic mass is 16.2. The molecule has 3 N–H and O–H groups in total. The van der Waals surface area contributed by atoms with Gasteiger partial charge in [-0.05, 0) is 12.8 Å². The Morgan fingerprint density at radius 3 is 2.30 bits per heavy atom. The fourth-order valence-corrected chi connectivity index (χ4v) is 0.771. The predicted molar refractivity (Wildman–Crippen MR) is 40.6 cm³/mol. The second-order valence-corrected chi connectivity index (χ2v) is 2.39. The molecule has 3 heteroatoms. The van der Waals surface area contributed by atoms with Crippen molar-refractivity contribution in [3.05, 3.63) is 0 Å². The Hall–Kier alpha value is -0.570. The molecule has 59 valence electrons. The van der Waals surface area contributed by atoms with E-state index in [0.29, 0.717) is 6.42 Å². The van der Waals surface area contributed by atoms with Gasteiger partial charge in [0.25, 0.3) is 0 Å². The molecular weight excluding hydrogens is 128 g/mol. The first-order chi connectivity index (χ1) is 4.77. The highest BCUT2D eigenvalue weighted by Crippen LogP contribution is 2.01. The van der Waals surface area contributed by atoms with Crippen LogP contribution in [-0.2, 0) is 5.11 Å². The predicted octanol–water partition coefficient (Wildman–Crippen LogP) is 1.30. The maximum Gasteiger partial charge on any atom is 0.0905 e. The maximum absolute atomic E-state index is 9.96. The smallest absolute Gasteiger partial charge is 0.0905 e. The molecule has 0 aliphatic rings. The summed E-state index contributed by atoms with van der Waals surface area (Å²) in [5, 5.41) is 16.9. The highest BCUT2D eigenvalue weighted by Gasteiger charge is 1.90. The average Bonchev–Trinajstić information content (AvgIpc) is 1.87. The monoisotopic (exact) mass is 143 g/mol. The molecule has 0 spiro atoms. The van der Waals surface area contributed by atoms with E-state index in [9.17, 15) is 5.11 Å². The summed E-state index contributed by atoms with van der Waals surface area (Å²) < 4.78 is 0. The fraction of sp³-hybridized carbons (Fsp3) is 0.857. The Morgan fingerprint density at radius 2 is 1.80 bits per heavy atom. The van der Waals surface area contributed by atoms with E-state index < -0.39 is 0 Å². The van der Waals surface area contributed by atoms with E-state index in [4.69, 9.17) is 11.1 Å². The molecule has 3 nitrogen and oxygen atoms in total. The first-order valence-electron chi connectivity index (χ1n) is 3.68. The summed E-state index contributed by atoms with van der Waals surface area (Å²) in [6.45, 7) is 0.0278. The maximum atomic E-state index is 9.96. The van der Waals surface area contributed by atoms with Crippen molar-refractivity contribution in [3.63, 3.8) is 0 Å². The van der Waals surface area contributed by atoms with Crippen LogP contribution < -0.4 is 5.73 Å². The summed E-state index contributed by atoms with van der Waals surface area (Å²) in [6, 6.07) is 0. The van der Waals surface area contributed by atoms with Crippen molar-refractivity contribution in [1.82, 2.24) is 0 Å². The van der Waals surface area contributed by atoms with Gasteiger partial charge in [0.15, 0.2) is 0 Å². The summed E-state index contributed by atoms with van der Waals surface area (Å²) in [6.07, 6.45) is 4.41. The molecule has 0 saturated carbocycles. The Bertz CT molecular complexity index is 93.6. The lowest BCUT2D eigenvalue weighted by Crippen LogP contribution is -2.08. The number of hydrogen-bond acceptors (Lipinski definition) is 1.